The van der Waals surface area contributed by atoms with Gasteiger partial charge in [0, 0.05) is 5.56 Å². The molecular formula is C13H12FN3O. The fraction of sp³-hybridized carbons (Fsp3) is 0. The van der Waals surface area contributed by atoms with Crippen molar-refractivity contribution in [2.75, 3.05) is 5.73 Å². The van der Waals surface area contributed by atoms with Crippen LogP contribution < -0.4 is 17.0 Å². The molecule has 2 aromatic rings. The second kappa shape index (κ2) is 4.85. The molecule has 0 saturated heterocycles. The maximum Gasteiger partial charge on any atom is 0.267 e. The van der Waals surface area contributed by atoms with Gasteiger partial charge in [-0.3, -0.25) is 10.2 Å². The predicted octanol–water partition coefficient (Wildman–Crippen LogP) is 1.68. The molecule has 0 aliphatic carbocycles. The number of nitrogens with two attached hydrogens (primary N) is 2. The fourth-order valence-electron chi connectivity index (χ4n) is 1.77. The zero-order valence-electron chi connectivity index (χ0n) is 9.48. The minimum atomic E-state index is -0.551. The zero-order chi connectivity index (χ0) is 13.1. The Morgan fingerprint density at radius 3 is 2.39 bits per heavy atom. The van der Waals surface area contributed by atoms with Crippen molar-refractivity contribution >= 4 is 11.6 Å². The molecule has 0 fully saturated rings. The molecule has 5 N–H and O–H groups in total. The van der Waals surface area contributed by atoms with Gasteiger partial charge in [-0.15, -0.1) is 0 Å². The monoisotopic (exact) mass is 245 g/mol. The lowest BCUT2D eigenvalue weighted by Crippen LogP contribution is -2.30. The van der Waals surface area contributed by atoms with Crippen LogP contribution in [0.15, 0.2) is 42.5 Å². The average Bonchev–Trinajstić information content (AvgIpc) is 2.39. The van der Waals surface area contributed by atoms with Crippen LogP contribution in [0.3, 0.4) is 0 Å². The third kappa shape index (κ3) is 2.03. The maximum atomic E-state index is 13.8. The molecule has 0 aliphatic rings. The van der Waals surface area contributed by atoms with Crippen LogP contribution in [-0.2, 0) is 0 Å². The van der Waals surface area contributed by atoms with E-state index in [0.717, 1.165) is 0 Å². The van der Waals surface area contributed by atoms with Gasteiger partial charge in [-0.25, -0.2) is 10.2 Å². The Kier molecular flexibility index (Phi) is 3.25. The largest absolute Gasteiger partial charge is 0.397 e. The first kappa shape index (κ1) is 12.1. The highest BCUT2D eigenvalue weighted by molar-refractivity contribution is 6.02. The Morgan fingerprint density at radius 1 is 1.11 bits per heavy atom. The molecule has 0 aliphatic heterocycles. The number of hydrogen-bond acceptors (Lipinski definition) is 3. The van der Waals surface area contributed by atoms with Crippen LogP contribution in [0.1, 0.15) is 10.4 Å². The Hall–Kier alpha value is -2.40. The third-order valence-corrected chi connectivity index (χ3v) is 2.63. The van der Waals surface area contributed by atoms with Gasteiger partial charge in [0.2, 0.25) is 0 Å². The molecule has 2 rings (SSSR count). The minimum Gasteiger partial charge on any atom is -0.397 e. The van der Waals surface area contributed by atoms with Gasteiger partial charge in [0.15, 0.2) is 0 Å². The van der Waals surface area contributed by atoms with Gasteiger partial charge < -0.3 is 5.73 Å². The number of benzene rings is 2. The van der Waals surface area contributed by atoms with Gasteiger partial charge in [-0.2, -0.15) is 0 Å². The number of hydrogen-bond donors (Lipinski definition) is 3. The molecule has 4 nitrogen and oxygen atoms in total. The lowest BCUT2D eigenvalue weighted by atomic mass is 9.99. The second-order valence-electron chi connectivity index (χ2n) is 3.72. The Balaban J connectivity index is 2.64. The van der Waals surface area contributed by atoms with E-state index in [1.165, 1.54) is 12.1 Å². The quantitative estimate of drug-likeness (QED) is 0.326. The summed E-state index contributed by atoms with van der Waals surface area (Å²) >= 11 is 0. The summed E-state index contributed by atoms with van der Waals surface area (Å²) in [6.45, 7) is 0. The summed E-state index contributed by atoms with van der Waals surface area (Å²) in [5.74, 6) is 4.02. The van der Waals surface area contributed by atoms with Crippen molar-refractivity contribution in [2.24, 2.45) is 5.84 Å². The minimum absolute atomic E-state index is 0.0733. The molecule has 0 unspecified atom stereocenters. The summed E-state index contributed by atoms with van der Waals surface area (Å²) in [5.41, 5.74) is 8.85. The highest BCUT2D eigenvalue weighted by Gasteiger charge is 2.16. The number of halogens is 1. The number of amides is 1. The van der Waals surface area contributed by atoms with Crippen molar-refractivity contribution in [2.45, 2.75) is 0 Å². The molecule has 0 aromatic heterocycles. The molecule has 2 aromatic carbocycles. The van der Waals surface area contributed by atoms with Gasteiger partial charge in [0.1, 0.15) is 5.82 Å². The van der Waals surface area contributed by atoms with Gasteiger partial charge in [0.25, 0.3) is 5.91 Å². The van der Waals surface area contributed by atoms with Crippen LogP contribution in [0, 0.1) is 5.82 Å². The summed E-state index contributed by atoms with van der Waals surface area (Å²) in [7, 11) is 0. The highest BCUT2D eigenvalue weighted by atomic mass is 19.1. The number of carbonyl (C=O) groups is 1. The maximum absolute atomic E-state index is 13.8. The molecule has 0 atom stereocenters. The Bertz CT molecular complexity index is 584. The summed E-state index contributed by atoms with van der Waals surface area (Å²) in [5, 5.41) is 0. The summed E-state index contributed by atoms with van der Waals surface area (Å²) in [6.07, 6.45) is 0. The SMILES string of the molecule is NNC(=O)c1ccc(F)c(-c2ccccc2)c1N. The van der Waals surface area contributed by atoms with Crippen LogP contribution in [-0.4, -0.2) is 5.91 Å². The van der Waals surface area contributed by atoms with Crippen LogP contribution in [0.2, 0.25) is 0 Å². The van der Waals surface area contributed by atoms with Crippen molar-refractivity contribution in [1.29, 1.82) is 0 Å². The molecule has 0 saturated carbocycles. The number of hydrazine groups is 1. The molecule has 0 spiro atoms. The number of nitrogen functional groups attached to an aromatic ring is 2. The van der Waals surface area contributed by atoms with E-state index < -0.39 is 11.7 Å². The second-order valence-corrected chi connectivity index (χ2v) is 3.72. The third-order valence-electron chi connectivity index (χ3n) is 2.63. The van der Waals surface area contributed by atoms with E-state index in [2.05, 4.69) is 0 Å². The fourth-order valence-corrected chi connectivity index (χ4v) is 1.77. The number of nitrogens with one attached hydrogen (secondary N) is 1. The smallest absolute Gasteiger partial charge is 0.267 e. The van der Waals surface area contributed by atoms with Crippen molar-refractivity contribution < 1.29 is 9.18 Å². The van der Waals surface area contributed by atoms with E-state index in [1.54, 1.807) is 24.3 Å². The lowest BCUT2D eigenvalue weighted by Gasteiger charge is -2.11. The number of anilines is 1. The summed E-state index contributed by atoms with van der Waals surface area (Å²) < 4.78 is 13.8. The molecule has 5 heteroatoms. The first-order valence-corrected chi connectivity index (χ1v) is 5.29. The van der Waals surface area contributed by atoms with Gasteiger partial charge in [-0.05, 0) is 17.7 Å². The topological polar surface area (TPSA) is 81.1 Å². The molecule has 0 bridgehead atoms. The molecule has 92 valence electrons. The van der Waals surface area contributed by atoms with Crippen LogP contribution in [0.25, 0.3) is 11.1 Å². The van der Waals surface area contributed by atoms with Crippen LogP contribution >= 0.6 is 0 Å². The van der Waals surface area contributed by atoms with Crippen molar-refractivity contribution in [3.8, 4) is 11.1 Å². The average molecular weight is 245 g/mol. The zero-order valence-corrected chi connectivity index (χ0v) is 9.48. The van der Waals surface area contributed by atoms with E-state index in [0.29, 0.717) is 5.56 Å². The molecular weight excluding hydrogens is 233 g/mol. The van der Waals surface area contributed by atoms with Crippen LogP contribution in [0.4, 0.5) is 10.1 Å². The van der Waals surface area contributed by atoms with Crippen LogP contribution in [0.5, 0.6) is 0 Å². The van der Waals surface area contributed by atoms with E-state index in [9.17, 15) is 9.18 Å². The van der Waals surface area contributed by atoms with Crippen molar-refractivity contribution in [3.63, 3.8) is 0 Å². The Labute approximate surface area is 103 Å². The Morgan fingerprint density at radius 2 is 1.78 bits per heavy atom. The molecule has 0 heterocycles. The van der Waals surface area contributed by atoms with E-state index in [-0.39, 0.29) is 16.8 Å². The molecule has 1 amide bonds. The summed E-state index contributed by atoms with van der Waals surface area (Å²) in [6, 6.07) is 11.3. The van der Waals surface area contributed by atoms with E-state index in [4.69, 9.17) is 11.6 Å². The predicted molar refractivity (Wildman–Crippen MR) is 67.9 cm³/mol. The highest BCUT2D eigenvalue weighted by Crippen LogP contribution is 2.31. The standard InChI is InChI=1S/C13H12FN3O/c14-10-7-6-9(13(18)17-16)12(15)11(10)8-4-2-1-3-5-8/h1-7H,15-16H2,(H,17,18). The van der Waals surface area contributed by atoms with Gasteiger partial charge in [0.05, 0.1) is 11.3 Å². The molecule has 0 radical (unpaired) electrons. The van der Waals surface area contributed by atoms with E-state index >= 15 is 0 Å². The first-order valence-electron chi connectivity index (χ1n) is 5.29. The van der Waals surface area contributed by atoms with E-state index in [1.807, 2.05) is 11.5 Å². The first-order chi connectivity index (χ1) is 8.65. The molecule has 18 heavy (non-hydrogen) atoms. The summed E-state index contributed by atoms with van der Waals surface area (Å²) in [4.78, 5) is 11.5. The number of rotatable bonds is 2. The normalized spacial score (nSPS) is 10.1. The lowest BCUT2D eigenvalue weighted by molar-refractivity contribution is 0.0954. The van der Waals surface area contributed by atoms with Gasteiger partial charge >= 0.3 is 0 Å². The van der Waals surface area contributed by atoms with Crippen molar-refractivity contribution in [1.82, 2.24) is 5.43 Å². The van der Waals surface area contributed by atoms with Gasteiger partial charge in [-0.1, -0.05) is 30.3 Å². The number of carbonyl (C=O) groups excluding carboxylic acids is 1. The van der Waals surface area contributed by atoms with Crippen molar-refractivity contribution in [3.05, 3.63) is 53.8 Å².